The molecule has 10 nitrogen and oxygen atoms in total. The van der Waals surface area contributed by atoms with Crippen molar-refractivity contribution in [3.05, 3.63) is 34.7 Å². The van der Waals surface area contributed by atoms with E-state index in [1.165, 1.54) is 24.3 Å². The van der Waals surface area contributed by atoms with Gasteiger partial charge in [0, 0.05) is 23.9 Å². The zero-order chi connectivity index (χ0) is 23.3. The summed E-state index contributed by atoms with van der Waals surface area (Å²) in [6.45, 7) is 1.72. The van der Waals surface area contributed by atoms with Crippen LogP contribution in [0.1, 0.15) is 39.0 Å². The molecule has 0 bridgehead atoms. The first-order valence-corrected chi connectivity index (χ1v) is 10.6. The molecule has 0 spiro atoms. The zero-order valence-electron chi connectivity index (χ0n) is 17.7. The molecular formula is C22H28O10. The number of carbonyl (C=O) groups is 1. The third-order valence-corrected chi connectivity index (χ3v) is 5.26. The number of carbonyl (C=O) groups excluding carboxylic acids is 1. The van der Waals surface area contributed by atoms with Crippen LogP contribution in [-0.2, 0) is 14.3 Å². The van der Waals surface area contributed by atoms with E-state index >= 15 is 0 Å². The Hall–Kier alpha value is -2.66. The van der Waals surface area contributed by atoms with E-state index in [2.05, 4.69) is 6.92 Å². The molecule has 1 fully saturated rings. The van der Waals surface area contributed by atoms with Crippen molar-refractivity contribution >= 4 is 16.9 Å². The number of aromatic hydroxyl groups is 1. The highest BCUT2D eigenvalue weighted by Crippen LogP contribution is 2.34. The van der Waals surface area contributed by atoms with Gasteiger partial charge < -0.3 is 39.1 Å². The lowest BCUT2D eigenvalue weighted by Crippen LogP contribution is -2.60. The van der Waals surface area contributed by atoms with Crippen LogP contribution >= 0.6 is 0 Å². The number of esters is 1. The van der Waals surface area contributed by atoms with E-state index in [-0.39, 0.29) is 24.4 Å². The number of unbranched alkanes of at least 4 members (excludes halogenated alkanes) is 3. The minimum atomic E-state index is -1.64. The number of fused-ring (bicyclic) bond motifs is 1. The van der Waals surface area contributed by atoms with Crippen molar-refractivity contribution in [2.45, 2.75) is 69.7 Å². The lowest BCUT2D eigenvalue weighted by molar-refractivity contribution is -0.278. The highest BCUT2D eigenvalue weighted by atomic mass is 16.7. The fourth-order valence-corrected chi connectivity index (χ4v) is 3.40. The van der Waals surface area contributed by atoms with Gasteiger partial charge in [0.1, 0.15) is 36.6 Å². The molecule has 0 saturated carbocycles. The summed E-state index contributed by atoms with van der Waals surface area (Å²) in [5, 5.41) is 41.3. The van der Waals surface area contributed by atoms with Crippen molar-refractivity contribution in [2.75, 3.05) is 6.61 Å². The molecule has 2 heterocycles. The van der Waals surface area contributed by atoms with Gasteiger partial charge in [-0.15, -0.1) is 0 Å². The van der Waals surface area contributed by atoms with E-state index in [1.54, 1.807) is 0 Å². The van der Waals surface area contributed by atoms with Crippen molar-refractivity contribution in [1.29, 1.82) is 0 Å². The van der Waals surface area contributed by atoms with E-state index in [9.17, 15) is 30.0 Å². The third kappa shape index (κ3) is 5.77. The zero-order valence-corrected chi connectivity index (χ0v) is 17.7. The number of aliphatic hydroxyl groups excluding tert-OH is 3. The van der Waals surface area contributed by atoms with Crippen LogP contribution in [0.2, 0.25) is 0 Å². The fraction of sp³-hybridized carbons (Fsp3) is 0.545. The normalized spacial score (nSPS) is 25.6. The SMILES string of the molecule is CCCCCCC(=O)OCC1OC(Oc2cc3ccc(=O)oc3cc2O)C(O)C(O)C1O. The second-order valence-corrected chi connectivity index (χ2v) is 7.74. The number of phenols is 1. The first-order chi connectivity index (χ1) is 15.3. The summed E-state index contributed by atoms with van der Waals surface area (Å²) in [6.07, 6.45) is -3.53. The summed E-state index contributed by atoms with van der Waals surface area (Å²) < 4.78 is 21.2. The van der Waals surface area contributed by atoms with Crippen LogP contribution in [0.4, 0.5) is 0 Å². The Morgan fingerprint density at radius 1 is 1.06 bits per heavy atom. The molecule has 0 amide bonds. The molecule has 5 atom stereocenters. The number of ether oxygens (including phenoxy) is 3. The van der Waals surface area contributed by atoms with Gasteiger partial charge in [-0.3, -0.25) is 4.79 Å². The first kappa shape index (κ1) is 24.0. The highest BCUT2D eigenvalue weighted by Gasteiger charge is 2.45. The van der Waals surface area contributed by atoms with E-state index in [1.807, 2.05) is 0 Å². The summed E-state index contributed by atoms with van der Waals surface area (Å²) >= 11 is 0. The number of rotatable bonds is 9. The molecule has 2 aromatic rings. The largest absolute Gasteiger partial charge is 0.504 e. The average molecular weight is 452 g/mol. The molecule has 10 heteroatoms. The van der Waals surface area contributed by atoms with Gasteiger partial charge in [-0.2, -0.15) is 0 Å². The van der Waals surface area contributed by atoms with Crippen LogP contribution in [0.3, 0.4) is 0 Å². The number of hydrogen-bond donors (Lipinski definition) is 4. The number of benzene rings is 1. The maximum atomic E-state index is 11.9. The fourth-order valence-electron chi connectivity index (χ4n) is 3.40. The van der Waals surface area contributed by atoms with E-state index in [0.717, 1.165) is 19.3 Å². The average Bonchev–Trinajstić information content (AvgIpc) is 2.76. The highest BCUT2D eigenvalue weighted by molar-refractivity contribution is 5.80. The van der Waals surface area contributed by atoms with Crippen LogP contribution < -0.4 is 10.4 Å². The molecular weight excluding hydrogens is 424 g/mol. The molecule has 1 aliphatic heterocycles. The Labute approximate surface area is 183 Å². The molecule has 5 unspecified atom stereocenters. The Kier molecular flexibility index (Phi) is 8.08. The number of phenolic OH excluding ortho intramolecular Hbond substituents is 1. The van der Waals surface area contributed by atoms with Crippen molar-refractivity contribution < 1.29 is 43.8 Å². The van der Waals surface area contributed by atoms with Gasteiger partial charge >= 0.3 is 11.6 Å². The van der Waals surface area contributed by atoms with Gasteiger partial charge in [0.05, 0.1) is 0 Å². The molecule has 1 aromatic heterocycles. The monoisotopic (exact) mass is 452 g/mol. The topological polar surface area (TPSA) is 156 Å². The van der Waals surface area contributed by atoms with Crippen LogP contribution in [-0.4, -0.2) is 63.7 Å². The summed E-state index contributed by atoms with van der Waals surface area (Å²) in [7, 11) is 0. The van der Waals surface area contributed by atoms with Crippen LogP contribution in [0.15, 0.2) is 33.5 Å². The Balaban J connectivity index is 1.65. The molecule has 1 saturated heterocycles. The van der Waals surface area contributed by atoms with E-state index < -0.39 is 48.1 Å². The third-order valence-electron chi connectivity index (χ3n) is 5.26. The maximum absolute atomic E-state index is 11.9. The van der Waals surface area contributed by atoms with Gasteiger partial charge in [0.2, 0.25) is 6.29 Å². The lowest BCUT2D eigenvalue weighted by atomic mass is 9.99. The summed E-state index contributed by atoms with van der Waals surface area (Å²) in [6, 6.07) is 5.20. The maximum Gasteiger partial charge on any atom is 0.336 e. The first-order valence-electron chi connectivity index (χ1n) is 10.6. The second kappa shape index (κ2) is 10.8. The van der Waals surface area contributed by atoms with Crippen molar-refractivity contribution in [3.8, 4) is 11.5 Å². The standard InChI is InChI=1S/C22H28O10/c1-2-3-4-5-6-17(24)29-11-16-19(26)20(27)21(28)22(32-16)31-15-9-12-7-8-18(25)30-14(12)10-13(15)23/h7-10,16,19-23,26-28H,2-6,11H2,1H3. The molecule has 3 rings (SSSR count). The molecule has 1 aliphatic rings. The Bertz CT molecular complexity index is 971. The minimum Gasteiger partial charge on any atom is -0.504 e. The Morgan fingerprint density at radius 2 is 1.84 bits per heavy atom. The quantitative estimate of drug-likeness (QED) is 0.248. The molecule has 4 N–H and O–H groups in total. The van der Waals surface area contributed by atoms with Crippen molar-refractivity contribution in [2.24, 2.45) is 0 Å². The Morgan fingerprint density at radius 3 is 2.59 bits per heavy atom. The lowest BCUT2D eigenvalue weighted by Gasteiger charge is -2.39. The summed E-state index contributed by atoms with van der Waals surface area (Å²) in [4.78, 5) is 23.2. The molecule has 1 aromatic carbocycles. The summed E-state index contributed by atoms with van der Waals surface area (Å²) in [5.41, 5.74) is -0.455. The molecule has 0 radical (unpaired) electrons. The molecule has 32 heavy (non-hydrogen) atoms. The van der Waals surface area contributed by atoms with Gasteiger partial charge in [0.15, 0.2) is 11.5 Å². The smallest absolute Gasteiger partial charge is 0.336 e. The molecule has 0 aliphatic carbocycles. The number of hydrogen-bond acceptors (Lipinski definition) is 10. The van der Waals surface area contributed by atoms with Gasteiger partial charge in [-0.05, 0) is 18.6 Å². The van der Waals surface area contributed by atoms with E-state index in [0.29, 0.717) is 11.8 Å². The second-order valence-electron chi connectivity index (χ2n) is 7.74. The predicted molar refractivity (Wildman–Crippen MR) is 111 cm³/mol. The van der Waals surface area contributed by atoms with E-state index in [4.69, 9.17) is 18.6 Å². The van der Waals surface area contributed by atoms with Crippen molar-refractivity contribution in [1.82, 2.24) is 0 Å². The predicted octanol–water partition coefficient (Wildman–Crippen LogP) is 1.20. The van der Waals surface area contributed by atoms with Gasteiger partial charge in [0.25, 0.3) is 0 Å². The minimum absolute atomic E-state index is 0.106. The van der Waals surface area contributed by atoms with Crippen LogP contribution in [0, 0.1) is 0 Å². The van der Waals surface area contributed by atoms with Crippen LogP contribution in [0.5, 0.6) is 11.5 Å². The van der Waals surface area contributed by atoms with Gasteiger partial charge in [-0.25, -0.2) is 4.79 Å². The number of aliphatic hydroxyl groups is 3. The summed E-state index contributed by atoms with van der Waals surface area (Å²) in [5.74, 6) is -0.951. The van der Waals surface area contributed by atoms with Gasteiger partial charge in [-0.1, -0.05) is 26.2 Å². The van der Waals surface area contributed by atoms with Crippen molar-refractivity contribution in [3.63, 3.8) is 0 Å². The molecule has 176 valence electrons. The van der Waals surface area contributed by atoms with Crippen LogP contribution in [0.25, 0.3) is 11.0 Å².